The third-order valence-corrected chi connectivity index (χ3v) is 3.80. The topological polar surface area (TPSA) is 84.6 Å². The fraction of sp³-hybridized carbons (Fsp3) is 0.611. The van der Waals surface area contributed by atoms with Crippen molar-refractivity contribution in [3.8, 4) is 5.75 Å². The Labute approximate surface area is 143 Å². The van der Waals surface area contributed by atoms with Crippen LogP contribution in [0.25, 0.3) is 0 Å². The van der Waals surface area contributed by atoms with Gasteiger partial charge in [-0.2, -0.15) is 0 Å². The van der Waals surface area contributed by atoms with Crippen molar-refractivity contribution in [2.75, 3.05) is 18.5 Å². The summed E-state index contributed by atoms with van der Waals surface area (Å²) >= 11 is 0. The lowest BCUT2D eigenvalue weighted by molar-refractivity contribution is -0.121. The van der Waals surface area contributed by atoms with E-state index in [9.17, 15) is 9.18 Å². The molecule has 136 valence electrons. The average Bonchev–Trinajstić information content (AvgIpc) is 2.56. The molecule has 1 aromatic rings. The van der Waals surface area contributed by atoms with Gasteiger partial charge in [0.25, 0.3) is 0 Å². The van der Waals surface area contributed by atoms with E-state index < -0.39 is 23.9 Å². The molecule has 0 aromatic heterocycles. The molecule has 5 nitrogen and oxygen atoms in total. The molecule has 1 aromatic carbocycles. The second kappa shape index (κ2) is 10.3. The Kier molecular flexibility index (Phi) is 8.71. The maximum atomic E-state index is 14.0. The van der Waals surface area contributed by atoms with E-state index in [1.807, 2.05) is 0 Å². The lowest BCUT2D eigenvalue weighted by Gasteiger charge is -2.20. The summed E-state index contributed by atoms with van der Waals surface area (Å²) in [6.07, 6.45) is 6.96. The number of hydrogen-bond acceptors (Lipinski definition) is 4. The predicted octanol–water partition coefficient (Wildman–Crippen LogP) is 3.21. The number of unbranched alkanes of at least 4 members (excludes halogenated alkanes) is 5. The van der Waals surface area contributed by atoms with Gasteiger partial charge in [0, 0.05) is 6.07 Å². The Bertz CT molecular complexity index is 521. The highest BCUT2D eigenvalue weighted by molar-refractivity contribution is 5.97. The van der Waals surface area contributed by atoms with Gasteiger partial charge in [0.15, 0.2) is 0 Å². The third kappa shape index (κ3) is 6.84. The van der Waals surface area contributed by atoms with Crippen LogP contribution < -0.4 is 15.8 Å². The zero-order valence-electron chi connectivity index (χ0n) is 14.6. The van der Waals surface area contributed by atoms with Crippen molar-refractivity contribution in [3.05, 3.63) is 24.0 Å². The highest BCUT2D eigenvalue weighted by Crippen LogP contribution is 2.21. The van der Waals surface area contributed by atoms with E-state index in [0.717, 1.165) is 12.8 Å². The van der Waals surface area contributed by atoms with Crippen LogP contribution in [0.3, 0.4) is 0 Å². The first kappa shape index (κ1) is 20.4. The third-order valence-electron chi connectivity index (χ3n) is 3.80. The fourth-order valence-electron chi connectivity index (χ4n) is 2.10. The van der Waals surface area contributed by atoms with Gasteiger partial charge >= 0.3 is 0 Å². The molecule has 0 aliphatic carbocycles. The van der Waals surface area contributed by atoms with Crippen LogP contribution in [0, 0.1) is 5.82 Å². The quantitative estimate of drug-likeness (QED) is 0.540. The number of carbonyl (C=O) groups is 1. The van der Waals surface area contributed by atoms with Crippen molar-refractivity contribution in [2.45, 2.75) is 57.9 Å². The number of rotatable bonds is 11. The highest BCUT2D eigenvalue weighted by atomic mass is 19.1. The fourth-order valence-corrected chi connectivity index (χ4v) is 2.10. The number of aliphatic hydroxyl groups is 1. The molecule has 0 bridgehead atoms. The van der Waals surface area contributed by atoms with Gasteiger partial charge in [-0.25, -0.2) is 4.39 Å². The Hall–Kier alpha value is -1.66. The number of ether oxygens (including phenoxy) is 1. The molecular formula is C18H29FN2O3. The average molecular weight is 340 g/mol. The summed E-state index contributed by atoms with van der Waals surface area (Å²) in [5.41, 5.74) is 4.15. The largest absolute Gasteiger partial charge is 0.493 e. The Morgan fingerprint density at radius 3 is 2.58 bits per heavy atom. The minimum atomic E-state index is -1.46. The summed E-state index contributed by atoms with van der Waals surface area (Å²) in [7, 11) is 0. The molecule has 0 fully saturated rings. The first-order chi connectivity index (χ1) is 11.4. The zero-order chi connectivity index (χ0) is 18.0. The first-order valence-corrected chi connectivity index (χ1v) is 8.54. The molecule has 0 radical (unpaired) electrons. The molecule has 4 N–H and O–H groups in total. The number of benzene rings is 1. The lowest BCUT2D eigenvalue weighted by Crippen LogP contribution is -2.51. The summed E-state index contributed by atoms with van der Waals surface area (Å²) in [6, 6.07) is 4.26. The number of aliphatic hydroxyl groups excluding tert-OH is 1. The molecular weight excluding hydrogens is 311 g/mol. The Morgan fingerprint density at radius 2 is 1.96 bits per heavy atom. The van der Waals surface area contributed by atoms with Crippen LogP contribution in [0.4, 0.5) is 10.1 Å². The molecule has 24 heavy (non-hydrogen) atoms. The van der Waals surface area contributed by atoms with Crippen molar-refractivity contribution in [1.29, 1.82) is 0 Å². The predicted molar refractivity (Wildman–Crippen MR) is 93.6 cm³/mol. The van der Waals surface area contributed by atoms with Crippen LogP contribution in [-0.2, 0) is 4.79 Å². The number of carbonyl (C=O) groups excluding carboxylic acids is 1. The van der Waals surface area contributed by atoms with E-state index in [2.05, 4.69) is 12.2 Å². The van der Waals surface area contributed by atoms with Gasteiger partial charge in [-0.15, -0.1) is 0 Å². The molecule has 1 amide bonds. The van der Waals surface area contributed by atoms with Crippen molar-refractivity contribution >= 4 is 11.6 Å². The number of hydrogen-bond donors (Lipinski definition) is 3. The summed E-state index contributed by atoms with van der Waals surface area (Å²) in [4.78, 5) is 11.8. The smallest absolute Gasteiger partial charge is 0.246 e. The van der Waals surface area contributed by atoms with E-state index in [-0.39, 0.29) is 5.69 Å². The van der Waals surface area contributed by atoms with Crippen molar-refractivity contribution in [3.63, 3.8) is 0 Å². The van der Waals surface area contributed by atoms with E-state index >= 15 is 0 Å². The number of amides is 1. The first-order valence-electron chi connectivity index (χ1n) is 8.54. The minimum absolute atomic E-state index is 0.0111. The molecule has 0 heterocycles. The lowest BCUT2D eigenvalue weighted by atomic mass is 10.0. The molecule has 0 saturated heterocycles. The standard InChI is InChI=1S/C18H29FN2O3/c1-3-4-5-6-7-8-11-24-14-9-10-16(15(19)12-14)21-17(23)18(2,20)13-22/h9-10,12,22H,3-8,11,13,20H2,1-2H3,(H,21,23)/t18-/m0/s1. The van der Waals surface area contributed by atoms with Gasteiger partial charge < -0.3 is 20.9 Å². The maximum absolute atomic E-state index is 14.0. The molecule has 6 heteroatoms. The van der Waals surface area contributed by atoms with Crippen molar-refractivity contribution < 1.29 is 19.0 Å². The second-order valence-corrected chi connectivity index (χ2v) is 6.29. The van der Waals surface area contributed by atoms with Gasteiger partial charge in [0.1, 0.15) is 17.1 Å². The van der Waals surface area contributed by atoms with Gasteiger partial charge in [-0.1, -0.05) is 39.0 Å². The van der Waals surface area contributed by atoms with E-state index in [4.69, 9.17) is 15.6 Å². The summed E-state index contributed by atoms with van der Waals surface area (Å²) in [5.74, 6) is -0.820. The monoisotopic (exact) mass is 340 g/mol. The number of anilines is 1. The summed E-state index contributed by atoms with van der Waals surface area (Å²) < 4.78 is 19.5. The molecule has 0 saturated carbocycles. The number of nitrogens with one attached hydrogen (secondary N) is 1. The molecule has 0 aliphatic heterocycles. The molecule has 0 aliphatic rings. The number of halogens is 1. The Balaban J connectivity index is 2.43. The molecule has 0 spiro atoms. The van der Waals surface area contributed by atoms with Crippen LogP contribution >= 0.6 is 0 Å². The number of nitrogens with two attached hydrogens (primary N) is 1. The van der Waals surface area contributed by atoms with Gasteiger partial charge in [0.05, 0.1) is 18.9 Å². The maximum Gasteiger partial charge on any atom is 0.246 e. The van der Waals surface area contributed by atoms with E-state index in [1.165, 1.54) is 44.7 Å². The van der Waals surface area contributed by atoms with E-state index in [0.29, 0.717) is 12.4 Å². The van der Waals surface area contributed by atoms with Crippen molar-refractivity contribution in [1.82, 2.24) is 0 Å². The molecule has 1 atom stereocenters. The van der Waals surface area contributed by atoms with E-state index in [1.54, 1.807) is 6.07 Å². The summed E-state index contributed by atoms with van der Waals surface area (Å²) in [6.45, 7) is 3.57. The van der Waals surface area contributed by atoms with Crippen LogP contribution in [0.5, 0.6) is 5.75 Å². The SMILES string of the molecule is CCCCCCCCOc1ccc(NC(=O)[C@@](C)(N)CO)c(F)c1. The summed E-state index contributed by atoms with van der Waals surface area (Å²) in [5, 5.41) is 11.4. The second-order valence-electron chi connectivity index (χ2n) is 6.29. The highest BCUT2D eigenvalue weighted by Gasteiger charge is 2.28. The molecule has 0 unspecified atom stereocenters. The van der Waals surface area contributed by atoms with Crippen molar-refractivity contribution in [2.24, 2.45) is 5.73 Å². The van der Waals surface area contributed by atoms with Crippen LogP contribution in [0.1, 0.15) is 52.4 Å². The Morgan fingerprint density at radius 1 is 1.29 bits per heavy atom. The normalized spacial score (nSPS) is 13.4. The van der Waals surface area contributed by atoms with Crippen LogP contribution in [0.2, 0.25) is 0 Å². The van der Waals surface area contributed by atoms with Gasteiger partial charge in [-0.05, 0) is 25.5 Å². The van der Waals surface area contributed by atoms with Crippen LogP contribution in [0.15, 0.2) is 18.2 Å². The minimum Gasteiger partial charge on any atom is -0.493 e. The van der Waals surface area contributed by atoms with Gasteiger partial charge in [0.2, 0.25) is 5.91 Å². The van der Waals surface area contributed by atoms with Gasteiger partial charge in [-0.3, -0.25) is 4.79 Å². The molecule has 1 rings (SSSR count). The zero-order valence-corrected chi connectivity index (χ0v) is 14.6. The van der Waals surface area contributed by atoms with Crippen LogP contribution in [-0.4, -0.2) is 29.8 Å².